The Labute approximate surface area is 113 Å². The summed E-state index contributed by atoms with van der Waals surface area (Å²) in [5.41, 5.74) is 0.370. The van der Waals surface area contributed by atoms with Crippen molar-refractivity contribution >= 4 is 12.2 Å². The van der Waals surface area contributed by atoms with Gasteiger partial charge in [0.1, 0.15) is 0 Å². The van der Waals surface area contributed by atoms with E-state index in [0.717, 1.165) is 31.1 Å². The van der Waals surface area contributed by atoms with Crippen molar-refractivity contribution in [1.82, 2.24) is 0 Å². The SMILES string of the molecule is O=C=NCCCC12CC(N=C=O)C(C1)C1CCCC12. The van der Waals surface area contributed by atoms with Gasteiger partial charge >= 0.3 is 0 Å². The van der Waals surface area contributed by atoms with E-state index in [2.05, 4.69) is 9.98 Å². The fraction of sp³-hybridized carbons (Fsp3) is 0.867. The van der Waals surface area contributed by atoms with E-state index in [-0.39, 0.29) is 6.04 Å². The Bertz CT molecular complexity index is 451. The third-order valence-corrected chi connectivity index (χ3v) is 5.89. The summed E-state index contributed by atoms with van der Waals surface area (Å²) in [6, 6.07) is 0.214. The molecule has 102 valence electrons. The van der Waals surface area contributed by atoms with E-state index in [4.69, 9.17) is 0 Å². The minimum atomic E-state index is 0.214. The Morgan fingerprint density at radius 1 is 1.11 bits per heavy atom. The van der Waals surface area contributed by atoms with Gasteiger partial charge in [-0.25, -0.2) is 19.6 Å². The minimum absolute atomic E-state index is 0.214. The molecule has 0 aromatic carbocycles. The first kappa shape index (κ1) is 12.8. The Morgan fingerprint density at radius 2 is 2.00 bits per heavy atom. The predicted octanol–water partition coefficient (Wildman–Crippen LogP) is 2.63. The highest BCUT2D eigenvalue weighted by atomic mass is 16.1. The predicted molar refractivity (Wildman–Crippen MR) is 70.1 cm³/mol. The van der Waals surface area contributed by atoms with E-state index in [0.29, 0.717) is 17.9 Å². The molecule has 0 saturated heterocycles. The van der Waals surface area contributed by atoms with Crippen LogP contribution >= 0.6 is 0 Å². The molecule has 3 fully saturated rings. The summed E-state index contributed by atoms with van der Waals surface area (Å²) in [5, 5.41) is 0. The van der Waals surface area contributed by atoms with Crippen molar-refractivity contribution in [3.05, 3.63) is 0 Å². The molecule has 0 amide bonds. The second-order valence-electron chi connectivity index (χ2n) is 6.50. The van der Waals surface area contributed by atoms with E-state index in [9.17, 15) is 9.59 Å². The summed E-state index contributed by atoms with van der Waals surface area (Å²) in [5.74, 6) is 2.23. The molecule has 0 heterocycles. The van der Waals surface area contributed by atoms with Gasteiger partial charge in [-0.15, -0.1) is 0 Å². The number of aliphatic imine (C=N–C) groups is 2. The highest BCUT2D eigenvalue weighted by Gasteiger charge is 2.61. The number of fused-ring (bicyclic) bond motifs is 5. The van der Waals surface area contributed by atoms with Gasteiger partial charge in [-0.05, 0) is 61.7 Å². The molecule has 3 aliphatic rings. The molecule has 5 atom stereocenters. The lowest BCUT2D eigenvalue weighted by Gasteiger charge is -2.38. The fourth-order valence-corrected chi connectivity index (χ4v) is 5.41. The van der Waals surface area contributed by atoms with Crippen LogP contribution in [0.25, 0.3) is 0 Å². The number of rotatable bonds is 5. The van der Waals surface area contributed by atoms with Gasteiger partial charge in [0.05, 0.1) is 12.6 Å². The Morgan fingerprint density at radius 3 is 2.79 bits per heavy atom. The standard InChI is InChI=1S/C15H20N2O2/c18-9-16-6-2-5-15-7-12(14(8-15)17-10-19)11-3-1-4-13(11)15/h11-14H,1-8H2. The summed E-state index contributed by atoms with van der Waals surface area (Å²) in [6.07, 6.45) is 11.7. The number of nitrogens with zero attached hydrogens (tertiary/aromatic N) is 2. The summed E-state index contributed by atoms with van der Waals surface area (Å²) >= 11 is 0. The maximum absolute atomic E-state index is 10.6. The van der Waals surface area contributed by atoms with Crippen molar-refractivity contribution in [2.45, 2.75) is 51.0 Å². The van der Waals surface area contributed by atoms with E-state index < -0.39 is 0 Å². The lowest BCUT2D eigenvalue weighted by atomic mass is 9.68. The summed E-state index contributed by atoms with van der Waals surface area (Å²) in [6.45, 7) is 0.592. The molecule has 19 heavy (non-hydrogen) atoms. The van der Waals surface area contributed by atoms with Crippen molar-refractivity contribution in [2.75, 3.05) is 6.54 Å². The number of hydrogen-bond donors (Lipinski definition) is 0. The maximum atomic E-state index is 10.6. The van der Waals surface area contributed by atoms with Gasteiger partial charge < -0.3 is 0 Å². The van der Waals surface area contributed by atoms with Gasteiger partial charge in [0.25, 0.3) is 0 Å². The molecule has 0 aromatic heterocycles. The molecular weight excluding hydrogens is 240 g/mol. The first-order chi connectivity index (χ1) is 9.30. The molecule has 4 heteroatoms. The van der Waals surface area contributed by atoms with Gasteiger partial charge in [0.2, 0.25) is 12.2 Å². The molecule has 3 rings (SSSR count). The van der Waals surface area contributed by atoms with Crippen molar-refractivity contribution in [3.63, 3.8) is 0 Å². The highest BCUT2D eigenvalue weighted by molar-refractivity contribution is 5.34. The molecule has 0 radical (unpaired) electrons. The monoisotopic (exact) mass is 260 g/mol. The topological polar surface area (TPSA) is 58.9 Å². The van der Waals surface area contributed by atoms with Crippen LogP contribution in [-0.2, 0) is 9.59 Å². The molecule has 3 aliphatic carbocycles. The number of carbonyl (C=O) groups excluding carboxylic acids is 2. The Kier molecular flexibility index (Phi) is 3.38. The van der Waals surface area contributed by atoms with Crippen molar-refractivity contribution < 1.29 is 9.59 Å². The second kappa shape index (κ2) is 5.03. The zero-order valence-electron chi connectivity index (χ0n) is 11.2. The average molecular weight is 260 g/mol. The maximum Gasteiger partial charge on any atom is 0.235 e. The Hall–Kier alpha value is -1.24. The first-order valence-electron chi connectivity index (χ1n) is 7.41. The molecule has 0 N–H and O–H groups in total. The molecule has 0 aromatic rings. The van der Waals surface area contributed by atoms with Crippen LogP contribution in [-0.4, -0.2) is 24.7 Å². The molecule has 3 saturated carbocycles. The van der Waals surface area contributed by atoms with Gasteiger partial charge in [-0.3, -0.25) is 0 Å². The van der Waals surface area contributed by atoms with Crippen molar-refractivity contribution in [1.29, 1.82) is 0 Å². The van der Waals surface area contributed by atoms with Gasteiger partial charge in [0.15, 0.2) is 0 Å². The first-order valence-corrected chi connectivity index (χ1v) is 7.41. The average Bonchev–Trinajstić information content (AvgIpc) is 3.06. The van der Waals surface area contributed by atoms with Crippen LogP contribution in [0.3, 0.4) is 0 Å². The minimum Gasteiger partial charge on any atom is -0.211 e. The van der Waals surface area contributed by atoms with Crippen LogP contribution in [0, 0.1) is 23.2 Å². The second-order valence-corrected chi connectivity index (χ2v) is 6.50. The number of hydrogen-bond acceptors (Lipinski definition) is 4. The van der Waals surface area contributed by atoms with Crippen LogP contribution in [0.2, 0.25) is 0 Å². The zero-order valence-corrected chi connectivity index (χ0v) is 11.2. The van der Waals surface area contributed by atoms with E-state index in [1.165, 1.54) is 25.7 Å². The summed E-state index contributed by atoms with van der Waals surface area (Å²) in [4.78, 5) is 28.4. The molecule has 2 bridgehead atoms. The lowest BCUT2D eigenvalue weighted by molar-refractivity contribution is 0.127. The molecule has 5 unspecified atom stereocenters. The summed E-state index contributed by atoms with van der Waals surface area (Å²) < 4.78 is 0. The van der Waals surface area contributed by atoms with Crippen molar-refractivity contribution in [3.8, 4) is 0 Å². The zero-order chi connectivity index (χ0) is 13.3. The largest absolute Gasteiger partial charge is 0.235 e. The number of isocyanates is 2. The van der Waals surface area contributed by atoms with E-state index >= 15 is 0 Å². The van der Waals surface area contributed by atoms with E-state index in [1.807, 2.05) is 0 Å². The quantitative estimate of drug-likeness (QED) is 0.433. The summed E-state index contributed by atoms with van der Waals surface area (Å²) in [7, 11) is 0. The highest BCUT2D eigenvalue weighted by Crippen LogP contribution is 2.67. The fourth-order valence-electron chi connectivity index (χ4n) is 5.41. The van der Waals surface area contributed by atoms with Crippen molar-refractivity contribution in [2.24, 2.45) is 33.2 Å². The van der Waals surface area contributed by atoms with Crippen LogP contribution in [0.1, 0.15) is 44.9 Å². The molecule has 0 aliphatic heterocycles. The molecular formula is C15H20N2O2. The normalized spacial score (nSPS) is 42.5. The van der Waals surface area contributed by atoms with E-state index in [1.54, 1.807) is 12.2 Å². The van der Waals surface area contributed by atoms with Crippen LogP contribution in [0.15, 0.2) is 9.98 Å². The van der Waals surface area contributed by atoms with Crippen LogP contribution < -0.4 is 0 Å². The Balaban J connectivity index is 1.74. The van der Waals surface area contributed by atoms with Gasteiger partial charge in [-0.1, -0.05) is 6.42 Å². The lowest BCUT2D eigenvalue weighted by Crippen LogP contribution is -2.33. The van der Waals surface area contributed by atoms with Crippen LogP contribution in [0.5, 0.6) is 0 Å². The van der Waals surface area contributed by atoms with Crippen LogP contribution in [0.4, 0.5) is 0 Å². The van der Waals surface area contributed by atoms with Gasteiger partial charge in [0, 0.05) is 0 Å². The van der Waals surface area contributed by atoms with Gasteiger partial charge in [-0.2, -0.15) is 0 Å². The molecule has 4 nitrogen and oxygen atoms in total. The molecule has 0 spiro atoms. The third kappa shape index (κ3) is 2.00. The third-order valence-electron chi connectivity index (χ3n) is 5.89. The smallest absolute Gasteiger partial charge is 0.211 e.